The predicted octanol–water partition coefficient (Wildman–Crippen LogP) is 3.77. The number of nitrogens with zero attached hydrogens (tertiary/aromatic N) is 1. The molecule has 0 bridgehead atoms. The summed E-state index contributed by atoms with van der Waals surface area (Å²) in [6, 6.07) is 16.1. The lowest BCUT2D eigenvalue weighted by molar-refractivity contribution is 0.0697. The van der Waals surface area contributed by atoms with Gasteiger partial charge in [-0.05, 0) is 35.1 Å². The van der Waals surface area contributed by atoms with Gasteiger partial charge >= 0.3 is 12.1 Å². The highest BCUT2D eigenvalue weighted by Gasteiger charge is 2.33. The van der Waals surface area contributed by atoms with Gasteiger partial charge in [-0.3, -0.25) is 9.69 Å². The van der Waals surface area contributed by atoms with E-state index in [9.17, 15) is 19.5 Å². The maximum absolute atomic E-state index is 13.0. The van der Waals surface area contributed by atoms with Crippen molar-refractivity contribution in [1.29, 1.82) is 0 Å². The SMILES string of the molecule is O=C(O)c1c[nH]c(=O)c2c1N(C(=O)OCC1c3ccccc3-c3ccccc31)CCC2. The van der Waals surface area contributed by atoms with Crippen molar-refractivity contribution in [1.82, 2.24) is 4.98 Å². The lowest BCUT2D eigenvalue weighted by Gasteiger charge is -2.29. The molecule has 1 aliphatic heterocycles. The lowest BCUT2D eigenvalue weighted by atomic mass is 9.98. The summed E-state index contributed by atoms with van der Waals surface area (Å²) in [5, 5.41) is 9.55. The van der Waals surface area contributed by atoms with E-state index < -0.39 is 12.1 Å². The number of rotatable bonds is 3. The van der Waals surface area contributed by atoms with Crippen molar-refractivity contribution in [3.8, 4) is 11.1 Å². The summed E-state index contributed by atoms with van der Waals surface area (Å²) in [6.07, 6.45) is 1.47. The predicted molar refractivity (Wildman–Crippen MR) is 115 cm³/mol. The second kappa shape index (κ2) is 7.43. The van der Waals surface area contributed by atoms with E-state index in [-0.39, 0.29) is 29.3 Å². The molecule has 3 aromatic rings. The molecule has 2 N–H and O–H groups in total. The van der Waals surface area contributed by atoms with Gasteiger partial charge in [0.25, 0.3) is 5.56 Å². The summed E-state index contributed by atoms with van der Waals surface area (Å²) >= 11 is 0. The molecule has 1 amide bonds. The van der Waals surface area contributed by atoms with Crippen molar-refractivity contribution >= 4 is 17.7 Å². The van der Waals surface area contributed by atoms with E-state index in [1.807, 2.05) is 36.4 Å². The number of anilines is 1. The number of carboxylic acid groups (broad SMARTS) is 1. The quantitative estimate of drug-likeness (QED) is 0.677. The highest BCUT2D eigenvalue weighted by molar-refractivity contribution is 6.01. The molecule has 2 aliphatic rings. The van der Waals surface area contributed by atoms with Crippen LogP contribution in [0.25, 0.3) is 11.1 Å². The molecular formula is C24H20N2O5. The van der Waals surface area contributed by atoms with E-state index in [1.165, 1.54) is 4.90 Å². The average Bonchev–Trinajstić information content (AvgIpc) is 3.11. The summed E-state index contributed by atoms with van der Waals surface area (Å²) in [4.78, 5) is 40.7. The lowest BCUT2D eigenvalue weighted by Crippen LogP contribution is -2.40. The van der Waals surface area contributed by atoms with Gasteiger partial charge in [-0.1, -0.05) is 48.5 Å². The van der Waals surface area contributed by atoms with Gasteiger partial charge in [-0.15, -0.1) is 0 Å². The molecule has 0 fully saturated rings. The Morgan fingerprint density at radius 3 is 2.35 bits per heavy atom. The summed E-state index contributed by atoms with van der Waals surface area (Å²) in [7, 11) is 0. The number of nitrogens with one attached hydrogen (secondary N) is 1. The Balaban J connectivity index is 1.44. The first-order valence-corrected chi connectivity index (χ1v) is 10.2. The Bertz CT molecular complexity index is 1220. The van der Waals surface area contributed by atoms with Gasteiger partial charge in [0.2, 0.25) is 0 Å². The molecule has 0 radical (unpaired) electrons. The van der Waals surface area contributed by atoms with Crippen molar-refractivity contribution in [2.24, 2.45) is 0 Å². The number of ether oxygens (including phenoxy) is 1. The number of carbonyl (C=O) groups is 2. The number of aromatic carboxylic acids is 1. The fourth-order valence-corrected chi connectivity index (χ4v) is 4.65. The van der Waals surface area contributed by atoms with Crippen LogP contribution in [0.1, 0.15) is 39.4 Å². The van der Waals surface area contributed by atoms with Crippen LogP contribution in [0, 0.1) is 0 Å². The third kappa shape index (κ3) is 3.09. The molecule has 7 nitrogen and oxygen atoms in total. The minimum atomic E-state index is -1.20. The number of carboxylic acids is 1. The van der Waals surface area contributed by atoms with Gasteiger partial charge in [0.15, 0.2) is 0 Å². The van der Waals surface area contributed by atoms with Gasteiger partial charge in [0.05, 0.1) is 11.3 Å². The zero-order chi connectivity index (χ0) is 21.5. The molecule has 0 saturated heterocycles. The number of fused-ring (bicyclic) bond motifs is 4. The number of benzene rings is 2. The molecule has 7 heteroatoms. The fraction of sp³-hybridized carbons (Fsp3) is 0.208. The maximum Gasteiger partial charge on any atom is 0.414 e. The van der Waals surface area contributed by atoms with Crippen LogP contribution in [-0.4, -0.2) is 35.3 Å². The Kier molecular flexibility index (Phi) is 4.58. The number of amides is 1. The van der Waals surface area contributed by atoms with E-state index in [0.29, 0.717) is 24.9 Å². The van der Waals surface area contributed by atoms with Crippen LogP contribution in [0.4, 0.5) is 10.5 Å². The summed E-state index contributed by atoms with van der Waals surface area (Å²) in [5.74, 6) is -1.30. The first kappa shape index (κ1) is 19.1. The Hall–Kier alpha value is -3.87. The molecule has 0 saturated carbocycles. The van der Waals surface area contributed by atoms with E-state index in [4.69, 9.17) is 4.74 Å². The fourth-order valence-electron chi connectivity index (χ4n) is 4.65. The topological polar surface area (TPSA) is 99.7 Å². The zero-order valence-corrected chi connectivity index (χ0v) is 16.6. The van der Waals surface area contributed by atoms with Gasteiger partial charge in [0.1, 0.15) is 6.61 Å². The van der Waals surface area contributed by atoms with Crippen molar-refractivity contribution in [3.05, 3.63) is 87.3 Å². The number of hydrogen-bond acceptors (Lipinski definition) is 4. The number of hydrogen-bond donors (Lipinski definition) is 2. The van der Waals surface area contributed by atoms with Crippen LogP contribution in [0.5, 0.6) is 0 Å². The number of aromatic nitrogens is 1. The standard InChI is InChI=1S/C24H20N2O5/c27-22-18-10-5-11-26(21(18)19(12-25-22)23(28)29)24(30)31-13-20-16-8-3-1-6-14(16)15-7-2-4-9-17(15)20/h1-4,6-9,12,20H,5,10-11,13H2,(H,25,27)(H,28,29). The number of pyridine rings is 1. The number of carbonyl (C=O) groups excluding carboxylic acids is 1. The van der Waals surface area contributed by atoms with Gasteiger partial charge in [0, 0.05) is 24.2 Å². The van der Waals surface area contributed by atoms with E-state index in [0.717, 1.165) is 28.5 Å². The molecule has 5 rings (SSSR count). The molecule has 156 valence electrons. The summed E-state index contributed by atoms with van der Waals surface area (Å²) in [5.41, 5.74) is 4.40. The van der Waals surface area contributed by atoms with E-state index in [2.05, 4.69) is 17.1 Å². The second-order valence-electron chi connectivity index (χ2n) is 7.72. The molecule has 0 unspecified atom stereocenters. The first-order valence-electron chi connectivity index (χ1n) is 10.2. The third-order valence-corrected chi connectivity index (χ3v) is 6.03. The third-order valence-electron chi connectivity index (χ3n) is 6.03. The smallest absolute Gasteiger partial charge is 0.414 e. The van der Waals surface area contributed by atoms with Gasteiger partial charge in [-0.2, -0.15) is 0 Å². The van der Waals surface area contributed by atoms with Crippen molar-refractivity contribution < 1.29 is 19.4 Å². The van der Waals surface area contributed by atoms with Crippen LogP contribution in [0.3, 0.4) is 0 Å². The van der Waals surface area contributed by atoms with Crippen LogP contribution < -0.4 is 10.5 Å². The highest BCUT2D eigenvalue weighted by atomic mass is 16.6. The van der Waals surface area contributed by atoms with Crippen molar-refractivity contribution in [2.75, 3.05) is 18.1 Å². The monoisotopic (exact) mass is 416 g/mol. The Labute approximate surface area is 177 Å². The van der Waals surface area contributed by atoms with Crippen molar-refractivity contribution in [2.45, 2.75) is 18.8 Å². The normalized spacial score (nSPS) is 14.5. The van der Waals surface area contributed by atoms with Crippen LogP contribution >= 0.6 is 0 Å². The Morgan fingerprint density at radius 2 is 1.71 bits per heavy atom. The maximum atomic E-state index is 13.0. The Morgan fingerprint density at radius 1 is 1.06 bits per heavy atom. The van der Waals surface area contributed by atoms with Crippen molar-refractivity contribution in [3.63, 3.8) is 0 Å². The highest BCUT2D eigenvalue weighted by Crippen LogP contribution is 2.44. The van der Waals surface area contributed by atoms with Crippen LogP contribution in [0.15, 0.2) is 59.5 Å². The average molecular weight is 416 g/mol. The molecule has 1 aliphatic carbocycles. The zero-order valence-electron chi connectivity index (χ0n) is 16.6. The van der Waals surface area contributed by atoms with E-state index in [1.54, 1.807) is 0 Å². The van der Waals surface area contributed by atoms with E-state index >= 15 is 0 Å². The molecule has 0 spiro atoms. The van der Waals surface area contributed by atoms with Crippen LogP contribution in [0.2, 0.25) is 0 Å². The van der Waals surface area contributed by atoms with Crippen LogP contribution in [-0.2, 0) is 11.2 Å². The molecule has 31 heavy (non-hydrogen) atoms. The van der Waals surface area contributed by atoms with Gasteiger partial charge in [-0.25, -0.2) is 9.59 Å². The molecular weight excluding hydrogens is 396 g/mol. The largest absolute Gasteiger partial charge is 0.478 e. The first-order chi connectivity index (χ1) is 15.1. The molecule has 2 heterocycles. The summed E-state index contributed by atoms with van der Waals surface area (Å²) < 4.78 is 5.69. The molecule has 1 aromatic heterocycles. The van der Waals surface area contributed by atoms with Gasteiger partial charge < -0.3 is 14.8 Å². The second-order valence-corrected chi connectivity index (χ2v) is 7.72. The molecule has 0 atom stereocenters. The minimum absolute atomic E-state index is 0.0984. The minimum Gasteiger partial charge on any atom is -0.478 e. The molecule has 2 aromatic carbocycles. The number of H-pyrrole nitrogens is 1. The number of aromatic amines is 1. The summed E-state index contributed by atoms with van der Waals surface area (Å²) in [6.45, 7) is 0.428.